The van der Waals surface area contributed by atoms with Gasteiger partial charge < -0.3 is 5.32 Å². The van der Waals surface area contributed by atoms with Crippen LogP contribution in [0.1, 0.15) is 29.9 Å². The van der Waals surface area contributed by atoms with Gasteiger partial charge in [0, 0.05) is 17.3 Å². The van der Waals surface area contributed by atoms with Crippen molar-refractivity contribution in [3.05, 3.63) is 99.8 Å². The second kappa shape index (κ2) is 7.63. The molecule has 150 valence electrons. The number of anilines is 1. The summed E-state index contributed by atoms with van der Waals surface area (Å²) in [5.74, 6) is 1.68. The van der Waals surface area contributed by atoms with E-state index >= 15 is 0 Å². The van der Waals surface area contributed by atoms with Crippen molar-refractivity contribution in [2.75, 3.05) is 5.32 Å². The lowest BCUT2D eigenvalue weighted by Gasteiger charge is -2.30. The highest BCUT2D eigenvalue weighted by Gasteiger charge is 2.32. The Labute approximate surface area is 183 Å². The first-order valence-electron chi connectivity index (χ1n) is 9.50. The van der Waals surface area contributed by atoms with E-state index in [4.69, 9.17) is 23.2 Å². The predicted molar refractivity (Wildman–Crippen MR) is 119 cm³/mol. The van der Waals surface area contributed by atoms with Gasteiger partial charge in [0.05, 0.1) is 22.8 Å². The Balaban J connectivity index is 1.65. The van der Waals surface area contributed by atoms with Gasteiger partial charge >= 0.3 is 0 Å². The number of hydrogen-bond donors (Lipinski definition) is 1. The summed E-state index contributed by atoms with van der Waals surface area (Å²) in [6.07, 6.45) is 3.36. The van der Waals surface area contributed by atoms with E-state index in [2.05, 4.69) is 32.6 Å². The summed E-state index contributed by atoms with van der Waals surface area (Å²) in [4.78, 5) is 4.61. The van der Waals surface area contributed by atoms with Gasteiger partial charge in [-0.05, 0) is 30.2 Å². The van der Waals surface area contributed by atoms with Crippen molar-refractivity contribution in [1.82, 2.24) is 24.5 Å². The van der Waals surface area contributed by atoms with Crippen LogP contribution in [0.25, 0.3) is 5.57 Å². The molecule has 0 bridgehead atoms. The molecule has 6 nitrogen and oxygen atoms in total. The molecule has 0 unspecified atom stereocenters. The standard InChI is InChI=1S/C22H18Cl2N6/c1-14-20(22-25-13-27-29(22)12-15-5-3-2-4-6-15)21(30-19(28-14)9-10-26-30)16-7-8-17(23)18(24)11-16/h2-11,13,21,28H,12H2,1H3/t21-/m1/s1. The first-order valence-corrected chi connectivity index (χ1v) is 10.3. The van der Waals surface area contributed by atoms with Crippen molar-refractivity contribution in [2.45, 2.75) is 19.5 Å². The molecule has 1 aliphatic rings. The maximum absolute atomic E-state index is 6.36. The molecule has 3 heterocycles. The zero-order chi connectivity index (χ0) is 20.7. The molecule has 5 rings (SSSR count). The van der Waals surface area contributed by atoms with Crippen LogP contribution < -0.4 is 5.32 Å². The van der Waals surface area contributed by atoms with E-state index in [1.54, 1.807) is 12.5 Å². The molecule has 0 saturated carbocycles. The summed E-state index contributed by atoms with van der Waals surface area (Å²) in [6.45, 7) is 2.66. The maximum atomic E-state index is 6.36. The number of nitrogens with zero attached hydrogens (tertiary/aromatic N) is 5. The lowest BCUT2D eigenvalue weighted by atomic mass is 9.95. The smallest absolute Gasteiger partial charge is 0.158 e. The van der Waals surface area contributed by atoms with Crippen molar-refractivity contribution in [3.8, 4) is 0 Å². The molecule has 8 heteroatoms. The molecule has 1 aliphatic heterocycles. The number of allylic oxidation sites excluding steroid dienone is 2. The van der Waals surface area contributed by atoms with Gasteiger partial charge in [0.2, 0.25) is 0 Å². The Morgan fingerprint density at radius 1 is 1.00 bits per heavy atom. The van der Waals surface area contributed by atoms with Gasteiger partial charge in [0.25, 0.3) is 0 Å². The molecule has 0 fully saturated rings. The fourth-order valence-electron chi connectivity index (χ4n) is 3.83. The minimum atomic E-state index is -0.218. The molecule has 0 spiro atoms. The zero-order valence-electron chi connectivity index (χ0n) is 16.1. The molecule has 1 atom stereocenters. The van der Waals surface area contributed by atoms with Crippen LogP contribution in [0.3, 0.4) is 0 Å². The number of benzene rings is 2. The normalized spacial score (nSPS) is 15.8. The van der Waals surface area contributed by atoms with Gasteiger partial charge in [0.15, 0.2) is 5.82 Å². The van der Waals surface area contributed by atoms with Gasteiger partial charge in [-0.3, -0.25) is 0 Å². The van der Waals surface area contributed by atoms with Gasteiger partial charge in [-0.25, -0.2) is 14.3 Å². The van der Waals surface area contributed by atoms with Crippen molar-refractivity contribution < 1.29 is 0 Å². The number of rotatable bonds is 4. The molecule has 2 aromatic carbocycles. The predicted octanol–water partition coefficient (Wildman–Crippen LogP) is 5.28. The lowest BCUT2D eigenvalue weighted by molar-refractivity contribution is 0.601. The Bertz CT molecular complexity index is 1240. The maximum Gasteiger partial charge on any atom is 0.158 e. The zero-order valence-corrected chi connectivity index (χ0v) is 17.6. The van der Waals surface area contributed by atoms with Crippen molar-refractivity contribution in [3.63, 3.8) is 0 Å². The average molecular weight is 437 g/mol. The highest BCUT2D eigenvalue weighted by molar-refractivity contribution is 6.42. The number of halogens is 2. The first kappa shape index (κ1) is 18.9. The molecule has 1 N–H and O–H groups in total. The van der Waals surface area contributed by atoms with E-state index in [9.17, 15) is 0 Å². The molecular weight excluding hydrogens is 419 g/mol. The van der Waals surface area contributed by atoms with E-state index in [1.165, 1.54) is 0 Å². The number of fused-ring (bicyclic) bond motifs is 1. The molecule has 30 heavy (non-hydrogen) atoms. The van der Waals surface area contributed by atoms with Gasteiger partial charge in [0.1, 0.15) is 18.2 Å². The summed E-state index contributed by atoms with van der Waals surface area (Å²) in [7, 11) is 0. The minimum Gasteiger partial charge on any atom is -0.344 e. The van der Waals surface area contributed by atoms with Gasteiger partial charge in [-0.15, -0.1) is 0 Å². The summed E-state index contributed by atoms with van der Waals surface area (Å²) in [5, 5.41) is 13.5. The fraction of sp³-hybridized carbons (Fsp3) is 0.136. The first-order chi connectivity index (χ1) is 14.6. The van der Waals surface area contributed by atoms with Crippen LogP contribution >= 0.6 is 23.2 Å². The Hall–Kier alpha value is -3.09. The number of hydrogen-bond acceptors (Lipinski definition) is 4. The van der Waals surface area contributed by atoms with Gasteiger partial charge in [-0.2, -0.15) is 10.2 Å². The second-order valence-corrected chi connectivity index (χ2v) is 7.94. The molecule has 2 aromatic heterocycles. The Morgan fingerprint density at radius 2 is 1.83 bits per heavy atom. The Kier molecular flexibility index (Phi) is 4.81. The summed E-state index contributed by atoms with van der Waals surface area (Å²) < 4.78 is 3.85. The van der Waals surface area contributed by atoms with E-state index < -0.39 is 0 Å². The fourth-order valence-corrected chi connectivity index (χ4v) is 4.14. The van der Waals surface area contributed by atoms with E-state index in [1.807, 2.05) is 58.8 Å². The van der Waals surface area contributed by atoms with Crippen LogP contribution in [0.4, 0.5) is 5.82 Å². The quantitative estimate of drug-likeness (QED) is 0.472. The van der Waals surface area contributed by atoms with Crippen molar-refractivity contribution in [1.29, 1.82) is 0 Å². The van der Waals surface area contributed by atoms with Crippen LogP contribution in [0.5, 0.6) is 0 Å². The second-order valence-electron chi connectivity index (χ2n) is 7.13. The highest BCUT2D eigenvalue weighted by Crippen LogP contribution is 2.41. The SMILES string of the molecule is CC1=C(c2ncnn2Cc2ccccc2)[C@@H](c2ccc(Cl)c(Cl)c2)n2nccc2N1. The molecule has 0 saturated heterocycles. The number of aromatic nitrogens is 5. The third-order valence-corrected chi connectivity index (χ3v) is 5.94. The topological polar surface area (TPSA) is 60.6 Å². The lowest BCUT2D eigenvalue weighted by Crippen LogP contribution is -2.25. The van der Waals surface area contributed by atoms with Crippen LogP contribution in [0.15, 0.2) is 72.8 Å². The largest absolute Gasteiger partial charge is 0.344 e. The van der Waals surface area contributed by atoms with Crippen LogP contribution in [0, 0.1) is 0 Å². The van der Waals surface area contributed by atoms with E-state index in [0.29, 0.717) is 16.6 Å². The van der Waals surface area contributed by atoms with E-state index in [0.717, 1.165) is 34.0 Å². The molecule has 4 aromatic rings. The highest BCUT2D eigenvalue weighted by atomic mass is 35.5. The van der Waals surface area contributed by atoms with Crippen LogP contribution in [0.2, 0.25) is 10.0 Å². The molecule has 0 radical (unpaired) electrons. The summed E-state index contributed by atoms with van der Waals surface area (Å²) >= 11 is 12.5. The monoisotopic (exact) mass is 436 g/mol. The molecule has 0 aliphatic carbocycles. The minimum absolute atomic E-state index is 0.218. The summed E-state index contributed by atoms with van der Waals surface area (Å²) in [5.41, 5.74) is 4.09. The molecular formula is C22H18Cl2N6. The van der Waals surface area contributed by atoms with Crippen molar-refractivity contribution >= 4 is 34.6 Å². The van der Waals surface area contributed by atoms with E-state index in [-0.39, 0.29) is 6.04 Å². The van der Waals surface area contributed by atoms with Crippen LogP contribution in [-0.4, -0.2) is 24.5 Å². The summed E-state index contributed by atoms with van der Waals surface area (Å²) in [6, 6.07) is 17.6. The van der Waals surface area contributed by atoms with Crippen LogP contribution in [-0.2, 0) is 6.54 Å². The van der Waals surface area contributed by atoms with Crippen molar-refractivity contribution in [2.24, 2.45) is 0 Å². The molecule has 0 amide bonds. The third-order valence-electron chi connectivity index (χ3n) is 5.20. The number of nitrogens with one attached hydrogen (secondary N) is 1. The Morgan fingerprint density at radius 3 is 2.63 bits per heavy atom. The van der Waals surface area contributed by atoms with Gasteiger partial charge in [-0.1, -0.05) is 59.6 Å². The third kappa shape index (κ3) is 3.28. The average Bonchev–Trinajstić information content (AvgIpc) is 3.39.